The largest absolute Gasteiger partial charge is 0.313 e. The van der Waals surface area contributed by atoms with Crippen molar-refractivity contribution in [2.24, 2.45) is 17.8 Å². The van der Waals surface area contributed by atoms with E-state index in [4.69, 9.17) is 0 Å². The van der Waals surface area contributed by atoms with Crippen LogP contribution in [0.1, 0.15) is 66.2 Å². The van der Waals surface area contributed by atoms with Gasteiger partial charge in [0.1, 0.15) is 0 Å². The van der Waals surface area contributed by atoms with Gasteiger partial charge < -0.3 is 5.32 Å². The van der Waals surface area contributed by atoms with Gasteiger partial charge in [-0.05, 0) is 50.0 Å². The molecule has 0 aromatic carbocycles. The Bertz CT molecular complexity index is 434. The first-order valence-electron chi connectivity index (χ1n) is 8.82. The highest BCUT2D eigenvalue weighted by atomic mass is 32.2. The Kier molecular flexibility index (Phi) is 5.75. The van der Waals surface area contributed by atoms with Crippen LogP contribution in [0, 0.1) is 17.8 Å². The minimum absolute atomic E-state index is 0.0942. The molecular weight excluding hydrogens is 282 g/mol. The zero-order valence-electron chi connectivity index (χ0n) is 14.1. The molecule has 0 bridgehead atoms. The third kappa shape index (κ3) is 3.82. The Hall–Kier alpha value is -0.0900. The minimum atomic E-state index is -3.02. The van der Waals surface area contributed by atoms with Gasteiger partial charge in [-0.15, -0.1) is 0 Å². The van der Waals surface area contributed by atoms with E-state index < -0.39 is 9.84 Å². The van der Waals surface area contributed by atoms with Crippen molar-refractivity contribution in [1.29, 1.82) is 0 Å². The summed E-state index contributed by atoms with van der Waals surface area (Å²) in [6.45, 7) is 9.55. The predicted octanol–water partition coefficient (Wildman–Crippen LogP) is 3.39. The maximum absolute atomic E-state index is 13.2. The molecule has 0 amide bonds. The summed E-state index contributed by atoms with van der Waals surface area (Å²) in [5, 5.41) is 3.20. The summed E-state index contributed by atoms with van der Waals surface area (Å²) >= 11 is 0. The van der Waals surface area contributed by atoms with Gasteiger partial charge in [-0.1, -0.05) is 40.5 Å². The third-order valence-corrected chi connectivity index (χ3v) is 8.50. The summed E-state index contributed by atoms with van der Waals surface area (Å²) in [5.41, 5.74) is 0. The van der Waals surface area contributed by atoms with Crippen molar-refractivity contribution in [3.05, 3.63) is 0 Å². The van der Waals surface area contributed by atoms with E-state index in [0.29, 0.717) is 11.8 Å². The summed E-state index contributed by atoms with van der Waals surface area (Å²) in [6.07, 6.45) is 6.08. The fraction of sp³-hybridized carbons (Fsp3) is 1.00. The van der Waals surface area contributed by atoms with Crippen LogP contribution in [-0.2, 0) is 9.84 Å². The van der Waals surface area contributed by atoms with Crippen molar-refractivity contribution in [2.45, 2.75) is 82.8 Å². The maximum Gasteiger partial charge on any atom is 0.157 e. The number of hydrogen-bond acceptors (Lipinski definition) is 3. The standard InChI is InChI=1S/C17H33NO2S/c1-5-18-16-11-13(3)9-14(4)17(16)21(19,20)15-8-6-7-12(2)10-15/h12-18H,5-11H2,1-4H3. The van der Waals surface area contributed by atoms with Crippen LogP contribution in [0.25, 0.3) is 0 Å². The molecule has 0 heterocycles. The normalized spacial score (nSPS) is 41.9. The summed E-state index contributed by atoms with van der Waals surface area (Å²) in [5.74, 6) is 1.47. The molecule has 0 aromatic rings. The fourth-order valence-electron chi connectivity index (χ4n) is 4.74. The quantitative estimate of drug-likeness (QED) is 0.865. The first kappa shape index (κ1) is 17.3. The topological polar surface area (TPSA) is 46.2 Å². The van der Waals surface area contributed by atoms with Gasteiger partial charge in [-0.25, -0.2) is 8.42 Å². The molecule has 21 heavy (non-hydrogen) atoms. The van der Waals surface area contributed by atoms with E-state index in [9.17, 15) is 8.42 Å². The molecule has 2 aliphatic rings. The predicted molar refractivity (Wildman–Crippen MR) is 89.2 cm³/mol. The summed E-state index contributed by atoms with van der Waals surface area (Å²) in [4.78, 5) is 0. The Morgan fingerprint density at radius 3 is 2.33 bits per heavy atom. The van der Waals surface area contributed by atoms with Crippen molar-refractivity contribution < 1.29 is 8.42 Å². The zero-order valence-corrected chi connectivity index (χ0v) is 15.0. The highest BCUT2D eigenvalue weighted by Gasteiger charge is 2.45. The van der Waals surface area contributed by atoms with Crippen LogP contribution < -0.4 is 5.32 Å². The fourth-order valence-corrected chi connectivity index (χ4v) is 7.70. The lowest BCUT2D eigenvalue weighted by atomic mass is 9.80. The number of rotatable bonds is 4. The highest BCUT2D eigenvalue weighted by molar-refractivity contribution is 7.92. The van der Waals surface area contributed by atoms with Crippen LogP contribution in [-0.4, -0.2) is 31.5 Å². The lowest BCUT2D eigenvalue weighted by molar-refractivity contribution is 0.241. The first-order chi connectivity index (χ1) is 9.86. The number of sulfone groups is 1. The molecule has 4 heteroatoms. The lowest BCUT2D eigenvalue weighted by Crippen LogP contribution is -2.54. The van der Waals surface area contributed by atoms with Crippen molar-refractivity contribution >= 4 is 9.84 Å². The SMILES string of the molecule is CCNC1CC(C)CC(C)C1S(=O)(=O)C1CCCC(C)C1. The van der Waals surface area contributed by atoms with Crippen LogP contribution >= 0.6 is 0 Å². The third-order valence-electron chi connectivity index (χ3n) is 5.59. The minimum Gasteiger partial charge on any atom is -0.313 e. The molecule has 6 atom stereocenters. The monoisotopic (exact) mass is 315 g/mol. The van der Waals surface area contributed by atoms with E-state index >= 15 is 0 Å². The maximum atomic E-state index is 13.2. The summed E-state index contributed by atoms with van der Waals surface area (Å²) < 4.78 is 26.5. The van der Waals surface area contributed by atoms with Gasteiger partial charge in [-0.3, -0.25) is 0 Å². The number of nitrogens with one attached hydrogen (secondary N) is 1. The zero-order chi connectivity index (χ0) is 15.6. The molecule has 0 aliphatic heterocycles. The summed E-state index contributed by atoms with van der Waals surface area (Å²) in [7, 11) is -3.02. The van der Waals surface area contributed by atoms with Gasteiger partial charge in [0.05, 0.1) is 10.5 Å². The van der Waals surface area contributed by atoms with Gasteiger partial charge >= 0.3 is 0 Å². The van der Waals surface area contributed by atoms with Crippen molar-refractivity contribution in [3.63, 3.8) is 0 Å². The van der Waals surface area contributed by atoms with Crippen molar-refractivity contribution in [3.8, 4) is 0 Å². The molecule has 124 valence electrons. The van der Waals surface area contributed by atoms with Gasteiger partial charge in [0.15, 0.2) is 9.84 Å². The van der Waals surface area contributed by atoms with E-state index in [1.165, 1.54) is 6.42 Å². The second kappa shape index (κ2) is 6.99. The summed E-state index contributed by atoms with van der Waals surface area (Å²) in [6, 6.07) is 0.149. The van der Waals surface area contributed by atoms with Crippen LogP contribution in [0.3, 0.4) is 0 Å². The first-order valence-corrected chi connectivity index (χ1v) is 10.4. The van der Waals surface area contributed by atoms with Gasteiger partial charge in [0.2, 0.25) is 0 Å². The molecule has 2 saturated carbocycles. The smallest absolute Gasteiger partial charge is 0.157 e. The van der Waals surface area contributed by atoms with E-state index in [1.54, 1.807) is 0 Å². The van der Waals surface area contributed by atoms with E-state index in [0.717, 1.165) is 38.6 Å². The Morgan fingerprint density at radius 1 is 1.00 bits per heavy atom. The second-order valence-corrected chi connectivity index (χ2v) is 10.1. The average Bonchev–Trinajstić information content (AvgIpc) is 2.37. The van der Waals surface area contributed by atoms with Gasteiger partial charge in [0, 0.05) is 6.04 Å². The molecular formula is C17H33NO2S. The second-order valence-electron chi connectivity index (χ2n) is 7.67. The van der Waals surface area contributed by atoms with E-state index in [1.807, 2.05) is 0 Å². The van der Waals surface area contributed by atoms with Crippen molar-refractivity contribution in [2.75, 3.05) is 6.54 Å². The molecule has 0 saturated heterocycles. The van der Waals surface area contributed by atoms with Crippen LogP contribution in [0.5, 0.6) is 0 Å². The molecule has 1 N–H and O–H groups in total. The lowest BCUT2D eigenvalue weighted by Gasteiger charge is -2.42. The Morgan fingerprint density at radius 2 is 1.71 bits per heavy atom. The van der Waals surface area contributed by atoms with E-state index in [-0.39, 0.29) is 22.5 Å². The van der Waals surface area contributed by atoms with Gasteiger partial charge in [0.25, 0.3) is 0 Å². The molecule has 2 fully saturated rings. The Balaban J connectivity index is 2.22. The van der Waals surface area contributed by atoms with E-state index in [2.05, 4.69) is 33.0 Å². The molecule has 3 nitrogen and oxygen atoms in total. The molecule has 6 unspecified atom stereocenters. The molecule has 0 aromatic heterocycles. The number of hydrogen-bond donors (Lipinski definition) is 1. The molecule has 2 rings (SSSR count). The highest BCUT2D eigenvalue weighted by Crippen LogP contribution is 2.38. The van der Waals surface area contributed by atoms with Gasteiger partial charge in [-0.2, -0.15) is 0 Å². The molecule has 0 radical (unpaired) electrons. The Labute approximate surface area is 131 Å². The van der Waals surface area contributed by atoms with Crippen LogP contribution in [0.4, 0.5) is 0 Å². The van der Waals surface area contributed by atoms with Crippen LogP contribution in [0.2, 0.25) is 0 Å². The molecule has 0 spiro atoms. The molecule has 2 aliphatic carbocycles. The van der Waals surface area contributed by atoms with Crippen molar-refractivity contribution in [1.82, 2.24) is 5.32 Å². The van der Waals surface area contributed by atoms with Crippen LogP contribution in [0.15, 0.2) is 0 Å². The average molecular weight is 316 g/mol.